The van der Waals surface area contributed by atoms with Crippen LogP contribution >= 0.6 is 0 Å². The van der Waals surface area contributed by atoms with Crippen LogP contribution in [0.4, 0.5) is 0 Å². The normalized spacial score (nSPS) is 40.3. The molecule has 2 N–H and O–H groups in total. The highest BCUT2D eigenvalue weighted by molar-refractivity contribution is 5.80. The molecule has 0 aromatic carbocycles. The van der Waals surface area contributed by atoms with Gasteiger partial charge in [0.05, 0.1) is 12.0 Å². The molecule has 3 aliphatic rings. The number of carbonyl (C=O) groups is 1. The van der Waals surface area contributed by atoms with Gasteiger partial charge in [0.15, 0.2) is 0 Å². The highest BCUT2D eigenvalue weighted by Gasteiger charge is 2.50. The number of nitrogens with two attached hydrogens (primary N) is 1. The lowest BCUT2D eigenvalue weighted by Gasteiger charge is -2.37. The summed E-state index contributed by atoms with van der Waals surface area (Å²) >= 11 is 0. The summed E-state index contributed by atoms with van der Waals surface area (Å²) in [5, 5.41) is 0. The molecule has 1 heterocycles. The van der Waals surface area contributed by atoms with Crippen molar-refractivity contribution in [2.75, 3.05) is 19.7 Å². The van der Waals surface area contributed by atoms with E-state index in [2.05, 4.69) is 6.92 Å². The molecule has 0 aromatic rings. The van der Waals surface area contributed by atoms with Crippen molar-refractivity contribution in [1.82, 2.24) is 4.90 Å². The SMILES string of the molecule is CCCOC1CCCN(C(=O)C2C3CCC(C3)C2N)C1. The van der Waals surface area contributed by atoms with Gasteiger partial charge in [0, 0.05) is 25.7 Å². The smallest absolute Gasteiger partial charge is 0.227 e. The number of carbonyl (C=O) groups excluding carboxylic acids is 1. The third kappa shape index (κ3) is 2.60. The van der Waals surface area contributed by atoms with E-state index < -0.39 is 0 Å². The minimum atomic E-state index is 0.0960. The molecule has 20 heavy (non-hydrogen) atoms. The monoisotopic (exact) mass is 280 g/mol. The fourth-order valence-electron chi connectivity index (χ4n) is 4.47. The van der Waals surface area contributed by atoms with E-state index in [0.29, 0.717) is 17.7 Å². The Labute approximate surface area is 122 Å². The highest BCUT2D eigenvalue weighted by atomic mass is 16.5. The van der Waals surface area contributed by atoms with E-state index in [1.54, 1.807) is 0 Å². The maximum Gasteiger partial charge on any atom is 0.227 e. The summed E-state index contributed by atoms with van der Waals surface area (Å²) in [5.74, 6) is 1.57. The molecule has 4 nitrogen and oxygen atoms in total. The van der Waals surface area contributed by atoms with Gasteiger partial charge in [-0.15, -0.1) is 0 Å². The minimum Gasteiger partial charge on any atom is -0.376 e. The van der Waals surface area contributed by atoms with E-state index in [1.165, 1.54) is 19.3 Å². The molecule has 2 saturated carbocycles. The van der Waals surface area contributed by atoms with Gasteiger partial charge in [-0.1, -0.05) is 6.92 Å². The fourth-order valence-corrected chi connectivity index (χ4v) is 4.47. The van der Waals surface area contributed by atoms with Gasteiger partial charge in [-0.05, 0) is 50.4 Å². The van der Waals surface area contributed by atoms with E-state index in [0.717, 1.165) is 39.0 Å². The summed E-state index contributed by atoms with van der Waals surface area (Å²) in [6.07, 6.45) is 7.06. The molecule has 2 bridgehead atoms. The zero-order valence-corrected chi connectivity index (χ0v) is 12.6. The third-order valence-corrected chi connectivity index (χ3v) is 5.51. The van der Waals surface area contributed by atoms with Crippen LogP contribution in [0.3, 0.4) is 0 Å². The molecule has 1 saturated heterocycles. The zero-order chi connectivity index (χ0) is 14.1. The van der Waals surface area contributed by atoms with Crippen molar-refractivity contribution in [3.8, 4) is 0 Å². The number of fused-ring (bicyclic) bond motifs is 2. The Morgan fingerprint density at radius 2 is 2.10 bits per heavy atom. The van der Waals surface area contributed by atoms with Gasteiger partial charge in [-0.2, -0.15) is 0 Å². The topological polar surface area (TPSA) is 55.6 Å². The Morgan fingerprint density at radius 1 is 1.30 bits per heavy atom. The fraction of sp³-hybridized carbons (Fsp3) is 0.938. The molecule has 1 aliphatic heterocycles. The van der Waals surface area contributed by atoms with Crippen molar-refractivity contribution < 1.29 is 9.53 Å². The van der Waals surface area contributed by atoms with Gasteiger partial charge in [-0.25, -0.2) is 0 Å². The first-order valence-electron chi connectivity index (χ1n) is 8.36. The van der Waals surface area contributed by atoms with Crippen LogP contribution in [0, 0.1) is 17.8 Å². The molecule has 3 rings (SSSR count). The van der Waals surface area contributed by atoms with Crippen molar-refractivity contribution >= 4 is 5.91 Å². The lowest BCUT2D eigenvalue weighted by Crippen LogP contribution is -2.51. The molecule has 0 radical (unpaired) electrons. The largest absolute Gasteiger partial charge is 0.376 e. The molecule has 5 unspecified atom stereocenters. The molecule has 2 aliphatic carbocycles. The van der Waals surface area contributed by atoms with E-state index in [1.807, 2.05) is 4.90 Å². The highest BCUT2D eigenvalue weighted by Crippen LogP contribution is 2.48. The van der Waals surface area contributed by atoms with Gasteiger partial charge in [-0.3, -0.25) is 4.79 Å². The molecule has 1 amide bonds. The second kappa shape index (κ2) is 6.02. The van der Waals surface area contributed by atoms with Crippen LogP contribution < -0.4 is 5.73 Å². The summed E-state index contributed by atoms with van der Waals surface area (Å²) in [7, 11) is 0. The first-order chi connectivity index (χ1) is 9.70. The molecular formula is C16H28N2O2. The molecule has 0 spiro atoms. The quantitative estimate of drug-likeness (QED) is 0.854. The molecular weight excluding hydrogens is 252 g/mol. The summed E-state index contributed by atoms with van der Waals surface area (Å²) in [6.45, 7) is 4.60. The van der Waals surface area contributed by atoms with Crippen LogP contribution in [-0.4, -0.2) is 42.6 Å². The molecule has 4 heteroatoms. The van der Waals surface area contributed by atoms with E-state index >= 15 is 0 Å². The number of hydrogen-bond acceptors (Lipinski definition) is 3. The van der Waals surface area contributed by atoms with Crippen molar-refractivity contribution in [1.29, 1.82) is 0 Å². The molecule has 3 fully saturated rings. The summed E-state index contributed by atoms with van der Waals surface area (Å²) < 4.78 is 5.84. The lowest BCUT2D eigenvalue weighted by molar-refractivity contribution is -0.142. The second-order valence-electron chi connectivity index (χ2n) is 6.86. The van der Waals surface area contributed by atoms with Gasteiger partial charge >= 0.3 is 0 Å². The van der Waals surface area contributed by atoms with E-state index in [4.69, 9.17) is 10.5 Å². The molecule has 114 valence electrons. The van der Waals surface area contributed by atoms with E-state index in [-0.39, 0.29) is 18.1 Å². The van der Waals surface area contributed by atoms with Crippen LogP contribution in [0.15, 0.2) is 0 Å². The molecule has 5 atom stereocenters. The average molecular weight is 280 g/mol. The van der Waals surface area contributed by atoms with Gasteiger partial charge < -0.3 is 15.4 Å². The summed E-state index contributed by atoms with van der Waals surface area (Å²) in [5.41, 5.74) is 6.31. The van der Waals surface area contributed by atoms with Crippen molar-refractivity contribution in [3.05, 3.63) is 0 Å². The van der Waals surface area contributed by atoms with Crippen LogP contribution in [0.25, 0.3) is 0 Å². The second-order valence-corrected chi connectivity index (χ2v) is 6.86. The number of hydrogen-bond donors (Lipinski definition) is 1. The summed E-state index contributed by atoms with van der Waals surface area (Å²) in [4.78, 5) is 14.8. The minimum absolute atomic E-state index is 0.0960. The van der Waals surface area contributed by atoms with Crippen LogP contribution in [0.1, 0.15) is 45.4 Å². The first kappa shape index (κ1) is 14.3. The maximum atomic E-state index is 12.8. The Kier molecular flexibility index (Phi) is 4.32. The predicted molar refractivity (Wildman–Crippen MR) is 78.1 cm³/mol. The standard InChI is InChI=1S/C16H28N2O2/c1-2-8-20-13-4-3-7-18(10-13)16(19)14-11-5-6-12(9-11)15(14)17/h11-15H,2-10,17H2,1H3. The number of likely N-dealkylation sites (tertiary alicyclic amines) is 1. The first-order valence-corrected chi connectivity index (χ1v) is 8.36. The summed E-state index contributed by atoms with van der Waals surface area (Å²) in [6, 6.07) is 0.109. The number of rotatable bonds is 4. The Morgan fingerprint density at radius 3 is 2.80 bits per heavy atom. The number of amides is 1. The third-order valence-electron chi connectivity index (χ3n) is 5.51. The van der Waals surface area contributed by atoms with Crippen molar-refractivity contribution in [2.45, 2.75) is 57.6 Å². The van der Waals surface area contributed by atoms with Gasteiger partial charge in [0.25, 0.3) is 0 Å². The van der Waals surface area contributed by atoms with Gasteiger partial charge in [0.2, 0.25) is 5.91 Å². The average Bonchev–Trinajstić information content (AvgIpc) is 3.05. The Balaban J connectivity index is 1.59. The van der Waals surface area contributed by atoms with Gasteiger partial charge in [0.1, 0.15) is 0 Å². The van der Waals surface area contributed by atoms with Crippen molar-refractivity contribution in [2.24, 2.45) is 23.5 Å². The van der Waals surface area contributed by atoms with Crippen molar-refractivity contribution in [3.63, 3.8) is 0 Å². The Hall–Kier alpha value is -0.610. The predicted octanol–water partition coefficient (Wildman–Crippen LogP) is 1.78. The Bertz CT molecular complexity index is 358. The lowest BCUT2D eigenvalue weighted by atomic mass is 9.83. The van der Waals surface area contributed by atoms with Crippen LogP contribution in [-0.2, 0) is 9.53 Å². The zero-order valence-electron chi connectivity index (χ0n) is 12.6. The number of ether oxygens (including phenoxy) is 1. The van der Waals surface area contributed by atoms with E-state index in [9.17, 15) is 4.79 Å². The maximum absolute atomic E-state index is 12.8. The molecule has 0 aromatic heterocycles. The number of nitrogens with zero attached hydrogens (tertiary/aromatic N) is 1. The van der Waals surface area contributed by atoms with Crippen LogP contribution in [0.2, 0.25) is 0 Å². The number of piperidine rings is 1. The van der Waals surface area contributed by atoms with Crippen LogP contribution in [0.5, 0.6) is 0 Å².